The predicted molar refractivity (Wildman–Crippen MR) is 159 cm³/mol. The Morgan fingerprint density at radius 3 is 2.25 bits per heavy atom. The lowest BCUT2D eigenvalue weighted by Gasteiger charge is -2.33. The molecule has 3 aromatic rings. The van der Waals surface area contributed by atoms with Crippen LogP contribution in [-0.4, -0.2) is 42.5 Å². The highest BCUT2D eigenvalue weighted by Crippen LogP contribution is 2.22. The first-order chi connectivity index (χ1) is 19.5. The predicted octanol–water partition coefficient (Wildman–Crippen LogP) is 6.60. The average Bonchev–Trinajstić information content (AvgIpc) is 2.99. The van der Waals surface area contributed by atoms with E-state index in [-0.39, 0.29) is 24.3 Å². The maximum Gasteiger partial charge on any atom is 0.243 e. The van der Waals surface area contributed by atoms with Crippen molar-refractivity contribution in [2.75, 3.05) is 13.7 Å². The molecule has 212 valence electrons. The minimum Gasteiger partial charge on any atom is -0.497 e. The van der Waals surface area contributed by atoms with E-state index in [4.69, 9.17) is 21.1 Å². The van der Waals surface area contributed by atoms with Crippen molar-refractivity contribution in [3.8, 4) is 11.5 Å². The minimum absolute atomic E-state index is 0.0759. The fraction of sp³-hybridized carbons (Fsp3) is 0.394. The smallest absolute Gasteiger partial charge is 0.243 e. The van der Waals surface area contributed by atoms with Gasteiger partial charge in [-0.25, -0.2) is 0 Å². The molecule has 0 bridgehead atoms. The largest absolute Gasteiger partial charge is 0.497 e. The number of halogens is 1. The molecule has 2 amide bonds. The molecule has 40 heavy (non-hydrogen) atoms. The first-order valence-corrected chi connectivity index (χ1v) is 14.5. The Kier molecular flexibility index (Phi) is 11.3. The Balaban J connectivity index is 1.50. The van der Waals surface area contributed by atoms with Crippen LogP contribution in [0.1, 0.15) is 56.1 Å². The van der Waals surface area contributed by atoms with Crippen molar-refractivity contribution < 1.29 is 19.1 Å². The van der Waals surface area contributed by atoms with E-state index in [9.17, 15) is 9.59 Å². The summed E-state index contributed by atoms with van der Waals surface area (Å²) in [6.45, 7) is 0.718. The summed E-state index contributed by atoms with van der Waals surface area (Å²) in [7, 11) is 1.62. The number of hydrogen-bond donors (Lipinski definition) is 1. The second-order valence-electron chi connectivity index (χ2n) is 10.3. The van der Waals surface area contributed by atoms with Crippen molar-refractivity contribution in [3.63, 3.8) is 0 Å². The van der Waals surface area contributed by atoms with Gasteiger partial charge in [-0.1, -0.05) is 73.3 Å². The zero-order valence-corrected chi connectivity index (χ0v) is 23.9. The molecule has 0 aromatic heterocycles. The van der Waals surface area contributed by atoms with Gasteiger partial charge in [0.15, 0.2) is 0 Å². The maximum atomic E-state index is 13.8. The van der Waals surface area contributed by atoms with Crippen LogP contribution in [0, 0.1) is 0 Å². The van der Waals surface area contributed by atoms with Gasteiger partial charge >= 0.3 is 0 Å². The van der Waals surface area contributed by atoms with Crippen molar-refractivity contribution in [3.05, 3.63) is 95.0 Å². The number of nitrogens with one attached hydrogen (secondary N) is 1. The number of ether oxygens (including phenoxy) is 2. The van der Waals surface area contributed by atoms with Gasteiger partial charge < -0.3 is 19.7 Å². The molecule has 1 saturated carbocycles. The van der Waals surface area contributed by atoms with Gasteiger partial charge in [-0.2, -0.15) is 0 Å². The number of hydrogen-bond acceptors (Lipinski definition) is 4. The second kappa shape index (κ2) is 15.3. The highest BCUT2D eigenvalue weighted by Gasteiger charge is 2.31. The Morgan fingerprint density at radius 2 is 1.57 bits per heavy atom. The molecule has 0 radical (unpaired) electrons. The van der Waals surface area contributed by atoms with Crippen molar-refractivity contribution in [1.29, 1.82) is 0 Å². The fourth-order valence-electron chi connectivity index (χ4n) is 5.11. The first kappa shape index (κ1) is 29.5. The molecule has 0 unspecified atom stereocenters. The standard InChI is InChI=1S/C33H39ClN2O4/c1-39-29-18-20-30(21-19-29)40-22-8-13-32(37)36(24-26-14-16-27(34)17-15-26)31(23-25-9-4-2-5-10-25)33(38)35-28-11-6-3-7-12-28/h2,4-5,9-10,14-21,28,31H,3,6-8,11-13,22-24H2,1H3,(H,35,38)/t31-/m0/s1. The molecule has 1 N–H and O–H groups in total. The SMILES string of the molecule is COc1ccc(OCCCC(=O)N(Cc2ccc(Cl)cc2)[C@@H](Cc2ccccc2)C(=O)NC2CCCCC2)cc1. The van der Waals surface area contributed by atoms with E-state index in [1.54, 1.807) is 12.0 Å². The monoisotopic (exact) mass is 562 g/mol. The topological polar surface area (TPSA) is 67.9 Å². The van der Waals surface area contributed by atoms with Crippen LogP contribution in [-0.2, 0) is 22.6 Å². The summed E-state index contributed by atoms with van der Waals surface area (Å²) in [5, 5.41) is 3.91. The van der Waals surface area contributed by atoms with Crippen molar-refractivity contribution in [1.82, 2.24) is 10.2 Å². The number of methoxy groups -OCH3 is 1. The molecule has 6 nitrogen and oxygen atoms in total. The van der Waals surface area contributed by atoms with E-state index in [1.165, 1.54) is 6.42 Å². The molecule has 4 rings (SSSR count). The third-order valence-corrected chi connectivity index (χ3v) is 7.60. The van der Waals surface area contributed by atoms with E-state index in [2.05, 4.69) is 5.32 Å². The summed E-state index contributed by atoms with van der Waals surface area (Å²) in [6.07, 6.45) is 6.66. The molecule has 3 aromatic carbocycles. The molecule has 0 heterocycles. The van der Waals surface area contributed by atoms with Crippen LogP contribution in [0.3, 0.4) is 0 Å². The quantitative estimate of drug-likeness (QED) is 0.238. The van der Waals surface area contributed by atoms with Crippen LogP contribution in [0.25, 0.3) is 0 Å². The molecule has 1 atom stereocenters. The number of rotatable bonds is 13. The first-order valence-electron chi connectivity index (χ1n) is 14.2. The van der Waals surface area contributed by atoms with Gasteiger partial charge in [0.25, 0.3) is 0 Å². The van der Waals surface area contributed by atoms with Crippen LogP contribution in [0.5, 0.6) is 11.5 Å². The van der Waals surface area contributed by atoms with Gasteiger partial charge in [0.05, 0.1) is 13.7 Å². The molecule has 1 fully saturated rings. The van der Waals surface area contributed by atoms with E-state index in [1.807, 2.05) is 78.9 Å². The van der Waals surface area contributed by atoms with Crippen molar-refractivity contribution >= 4 is 23.4 Å². The fourth-order valence-corrected chi connectivity index (χ4v) is 5.24. The summed E-state index contributed by atoms with van der Waals surface area (Å²) >= 11 is 6.13. The van der Waals surface area contributed by atoms with Gasteiger partial charge in [-0.05, 0) is 66.8 Å². The maximum absolute atomic E-state index is 13.8. The van der Waals surface area contributed by atoms with Crippen LogP contribution >= 0.6 is 11.6 Å². The summed E-state index contributed by atoms with van der Waals surface area (Å²) in [5.74, 6) is 1.32. The second-order valence-corrected chi connectivity index (χ2v) is 10.8. The lowest BCUT2D eigenvalue weighted by molar-refractivity contribution is -0.141. The average molecular weight is 563 g/mol. The number of benzene rings is 3. The highest BCUT2D eigenvalue weighted by molar-refractivity contribution is 6.30. The Hall–Kier alpha value is -3.51. The lowest BCUT2D eigenvalue weighted by atomic mass is 9.94. The molecule has 7 heteroatoms. The zero-order chi connectivity index (χ0) is 28.2. The van der Waals surface area contributed by atoms with E-state index in [0.29, 0.717) is 31.0 Å². The third-order valence-electron chi connectivity index (χ3n) is 7.35. The number of carbonyl (C=O) groups is 2. The lowest BCUT2D eigenvalue weighted by Crippen LogP contribution is -2.52. The van der Waals surface area contributed by atoms with Gasteiger partial charge in [-0.3, -0.25) is 9.59 Å². The Labute approximate surface area is 242 Å². The summed E-state index contributed by atoms with van der Waals surface area (Å²) in [6, 6.07) is 24.3. The number of nitrogens with zero attached hydrogens (tertiary/aromatic N) is 1. The van der Waals surface area contributed by atoms with E-state index >= 15 is 0 Å². The van der Waals surface area contributed by atoms with Crippen LogP contribution in [0.2, 0.25) is 5.02 Å². The van der Waals surface area contributed by atoms with Crippen molar-refractivity contribution in [2.45, 2.75) is 70.0 Å². The van der Waals surface area contributed by atoms with E-state index in [0.717, 1.165) is 48.3 Å². The molecule has 0 spiro atoms. The van der Waals surface area contributed by atoms with Gasteiger partial charge in [0.2, 0.25) is 11.8 Å². The van der Waals surface area contributed by atoms with Crippen LogP contribution < -0.4 is 14.8 Å². The summed E-state index contributed by atoms with van der Waals surface area (Å²) < 4.78 is 11.0. The van der Waals surface area contributed by atoms with E-state index < -0.39 is 6.04 Å². The highest BCUT2D eigenvalue weighted by atomic mass is 35.5. The molecule has 1 aliphatic rings. The minimum atomic E-state index is -0.630. The number of amides is 2. The van der Waals surface area contributed by atoms with Crippen LogP contribution in [0.15, 0.2) is 78.9 Å². The Morgan fingerprint density at radius 1 is 0.900 bits per heavy atom. The zero-order valence-electron chi connectivity index (χ0n) is 23.2. The van der Waals surface area contributed by atoms with Gasteiger partial charge in [0, 0.05) is 30.5 Å². The summed E-state index contributed by atoms with van der Waals surface area (Å²) in [5.41, 5.74) is 1.94. The van der Waals surface area contributed by atoms with Gasteiger partial charge in [-0.15, -0.1) is 0 Å². The summed E-state index contributed by atoms with van der Waals surface area (Å²) in [4.78, 5) is 29.3. The molecule has 1 aliphatic carbocycles. The number of carbonyl (C=O) groups excluding carboxylic acids is 2. The molecular weight excluding hydrogens is 524 g/mol. The van der Waals surface area contributed by atoms with Crippen LogP contribution in [0.4, 0.5) is 0 Å². The third kappa shape index (κ3) is 9.02. The van der Waals surface area contributed by atoms with Crippen molar-refractivity contribution in [2.24, 2.45) is 0 Å². The molecule has 0 saturated heterocycles. The molecule has 0 aliphatic heterocycles. The van der Waals surface area contributed by atoms with Gasteiger partial charge in [0.1, 0.15) is 17.5 Å². The Bertz CT molecular complexity index is 1200. The molecular formula is C33H39ClN2O4. The normalized spacial score (nSPS) is 14.2.